The van der Waals surface area contributed by atoms with Crippen LogP contribution in [0.5, 0.6) is 5.75 Å². The third kappa shape index (κ3) is 3.14. The monoisotopic (exact) mass is 327 g/mol. The molecule has 0 aliphatic carbocycles. The summed E-state index contributed by atoms with van der Waals surface area (Å²) in [6.45, 7) is 0.415. The minimum Gasteiger partial charge on any atom is -0.488 e. The molecule has 118 valence electrons. The van der Waals surface area contributed by atoms with Crippen molar-refractivity contribution in [3.63, 3.8) is 0 Å². The second-order valence-electron chi connectivity index (χ2n) is 5.38. The van der Waals surface area contributed by atoms with E-state index >= 15 is 0 Å². The van der Waals surface area contributed by atoms with E-state index in [-0.39, 0.29) is 10.6 Å². The van der Waals surface area contributed by atoms with Gasteiger partial charge in [-0.15, -0.1) is 0 Å². The molecule has 23 heavy (non-hydrogen) atoms. The van der Waals surface area contributed by atoms with E-state index in [1.54, 1.807) is 24.3 Å². The van der Waals surface area contributed by atoms with Gasteiger partial charge in [-0.25, -0.2) is 8.42 Å². The summed E-state index contributed by atoms with van der Waals surface area (Å²) in [5, 5.41) is 1.32. The molecule has 3 rings (SSSR count). The molecule has 0 fully saturated rings. The van der Waals surface area contributed by atoms with Gasteiger partial charge in [-0.3, -0.25) is 0 Å². The summed E-state index contributed by atoms with van der Waals surface area (Å²) in [6, 6.07) is 18.5. The molecule has 5 heteroatoms. The average molecular weight is 327 g/mol. The molecule has 0 spiro atoms. The van der Waals surface area contributed by atoms with Gasteiger partial charge in [0.2, 0.25) is 0 Å². The van der Waals surface area contributed by atoms with Gasteiger partial charge in [-0.2, -0.15) is 0 Å². The molecular weight excluding hydrogens is 310 g/mol. The number of hydrogen-bond donors (Lipinski definition) is 1. The number of nitrogens with two attached hydrogens (primary N) is 1. The highest BCUT2D eigenvalue weighted by Gasteiger charge is 2.17. The summed E-state index contributed by atoms with van der Waals surface area (Å²) in [5.74, 6) is 0.635. The summed E-state index contributed by atoms with van der Waals surface area (Å²) in [7, 11) is -3.42. The van der Waals surface area contributed by atoms with E-state index in [4.69, 9.17) is 10.5 Å². The zero-order valence-corrected chi connectivity index (χ0v) is 13.5. The van der Waals surface area contributed by atoms with Gasteiger partial charge in [-0.05, 0) is 23.8 Å². The third-order valence-electron chi connectivity index (χ3n) is 3.61. The molecule has 0 aromatic heterocycles. The Hall–Kier alpha value is -2.53. The van der Waals surface area contributed by atoms with E-state index in [2.05, 4.69) is 0 Å². The normalized spacial score (nSPS) is 11.5. The van der Waals surface area contributed by atoms with Crippen molar-refractivity contribution in [2.75, 3.05) is 12.0 Å². The fourth-order valence-electron chi connectivity index (χ4n) is 2.59. The first-order chi connectivity index (χ1) is 11.0. The number of anilines is 1. The van der Waals surface area contributed by atoms with Crippen LogP contribution in [0.4, 0.5) is 5.69 Å². The largest absolute Gasteiger partial charge is 0.488 e. The van der Waals surface area contributed by atoms with E-state index in [1.807, 2.05) is 36.4 Å². The first-order valence-corrected chi connectivity index (χ1v) is 9.04. The Kier molecular flexibility index (Phi) is 3.96. The highest BCUT2D eigenvalue weighted by molar-refractivity contribution is 7.91. The maximum atomic E-state index is 12.0. The molecule has 2 N–H and O–H groups in total. The summed E-state index contributed by atoms with van der Waals surface area (Å²) in [6.07, 6.45) is 1.16. The van der Waals surface area contributed by atoms with Gasteiger partial charge < -0.3 is 10.5 Å². The van der Waals surface area contributed by atoms with Crippen molar-refractivity contribution in [1.29, 1.82) is 0 Å². The number of ether oxygens (including phenoxy) is 1. The lowest BCUT2D eigenvalue weighted by atomic mass is 10.1. The number of benzene rings is 3. The quantitative estimate of drug-likeness (QED) is 0.746. The number of rotatable bonds is 4. The molecule has 0 aliphatic heterocycles. The molecule has 0 radical (unpaired) electrons. The summed E-state index contributed by atoms with van der Waals surface area (Å²) in [5.41, 5.74) is 7.16. The molecule has 0 amide bonds. The Morgan fingerprint density at radius 1 is 0.913 bits per heavy atom. The van der Waals surface area contributed by atoms with Crippen molar-refractivity contribution >= 4 is 26.3 Å². The molecule has 0 atom stereocenters. The molecule has 3 aromatic rings. The van der Waals surface area contributed by atoms with Crippen LogP contribution in [0.3, 0.4) is 0 Å². The van der Waals surface area contributed by atoms with E-state index in [0.29, 0.717) is 17.7 Å². The van der Waals surface area contributed by atoms with Gasteiger partial charge in [0.25, 0.3) is 0 Å². The maximum Gasteiger partial charge on any atom is 0.178 e. The van der Waals surface area contributed by atoms with Gasteiger partial charge in [0.1, 0.15) is 12.4 Å². The van der Waals surface area contributed by atoms with Crippen LogP contribution in [0, 0.1) is 0 Å². The first kappa shape index (κ1) is 15.4. The van der Waals surface area contributed by atoms with Crippen LogP contribution in [-0.2, 0) is 16.4 Å². The van der Waals surface area contributed by atoms with Gasteiger partial charge in [0, 0.05) is 17.0 Å². The van der Waals surface area contributed by atoms with Crippen LogP contribution < -0.4 is 10.5 Å². The van der Waals surface area contributed by atoms with Crippen molar-refractivity contribution in [1.82, 2.24) is 0 Å². The van der Waals surface area contributed by atoms with Gasteiger partial charge in [0.05, 0.1) is 10.6 Å². The van der Waals surface area contributed by atoms with Crippen molar-refractivity contribution < 1.29 is 13.2 Å². The maximum absolute atomic E-state index is 12.0. The van der Waals surface area contributed by atoms with Crippen LogP contribution in [-0.4, -0.2) is 14.7 Å². The molecule has 3 aromatic carbocycles. The topological polar surface area (TPSA) is 69.4 Å². The predicted octanol–water partition coefficient (Wildman–Crippen LogP) is 3.40. The second-order valence-corrected chi connectivity index (χ2v) is 7.33. The van der Waals surface area contributed by atoms with Gasteiger partial charge in [-0.1, -0.05) is 42.5 Å². The second kappa shape index (κ2) is 5.93. The van der Waals surface area contributed by atoms with E-state index in [1.165, 1.54) is 0 Å². The smallest absolute Gasteiger partial charge is 0.178 e. The van der Waals surface area contributed by atoms with Crippen LogP contribution in [0.15, 0.2) is 65.6 Å². The van der Waals surface area contributed by atoms with Crippen molar-refractivity contribution in [2.24, 2.45) is 0 Å². The SMILES string of the molecule is CS(=O)(=O)c1c(N)ccc2c(OCc3ccccc3)cccc12. The molecule has 0 saturated heterocycles. The Labute approximate surface area is 135 Å². The fourth-order valence-corrected chi connectivity index (χ4v) is 3.67. The minimum absolute atomic E-state index is 0.153. The van der Waals surface area contributed by atoms with E-state index in [9.17, 15) is 8.42 Å². The van der Waals surface area contributed by atoms with Crippen molar-refractivity contribution in [3.8, 4) is 5.75 Å². The summed E-state index contributed by atoms with van der Waals surface area (Å²) >= 11 is 0. The third-order valence-corrected chi connectivity index (χ3v) is 4.81. The van der Waals surface area contributed by atoms with Crippen LogP contribution >= 0.6 is 0 Å². The Morgan fingerprint density at radius 3 is 2.35 bits per heavy atom. The lowest BCUT2D eigenvalue weighted by Crippen LogP contribution is -2.04. The Morgan fingerprint density at radius 2 is 1.65 bits per heavy atom. The van der Waals surface area contributed by atoms with Crippen LogP contribution in [0.2, 0.25) is 0 Å². The van der Waals surface area contributed by atoms with E-state index < -0.39 is 9.84 Å². The van der Waals surface area contributed by atoms with Crippen LogP contribution in [0.1, 0.15) is 5.56 Å². The highest BCUT2D eigenvalue weighted by atomic mass is 32.2. The predicted molar refractivity (Wildman–Crippen MR) is 92.2 cm³/mol. The number of sulfone groups is 1. The molecule has 0 heterocycles. The highest BCUT2D eigenvalue weighted by Crippen LogP contribution is 2.34. The lowest BCUT2D eigenvalue weighted by molar-refractivity contribution is 0.310. The molecule has 0 bridgehead atoms. The number of fused-ring (bicyclic) bond motifs is 1. The zero-order valence-electron chi connectivity index (χ0n) is 12.7. The summed E-state index contributed by atoms with van der Waals surface area (Å²) < 4.78 is 30.0. The number of nitrogen functional groups attached to an aromatic ring is 1. The minimum atomic E-state index is -3.42. The average Bonchev–Trinajstić information content (AvgIpc) is 2.52. The summed E-state index contributed by atoms with van der Waals surface area (Å²) in [4.78, 5) is 0.153. The standard InChI is InChI=1S/C18H17NO3S/c1-23(20,21)18-15-8-5-9-17(14(15)10-11-16(18)19)22-12-13-6-3-2-4-7-13/h2-11H,12,19H2,1H3. The number of hydrogen-bond acceptors (Lipinski definition) is 4. The molecule has 0 saturated carbocycles. The van der Waals surface area contributed by atoms with Crippen molar-refractivity contribution in [2.45, 2.75) is 11.5 Å². The molecule has 0 unspecified atom stereocenters. The molecular formula is C18H17NO3S. The zero-order chi connectivity index (χ0) is 16.4. The first-order valence-electron chi connectivity index (χ1n) is 7.15. The Balaban J connectivity index is 2.06. The fraction of sp³-hybridized carbons (Fsp3) is 0.111. The van der Waals surface area contributed by atoms with Gasteiger partial charge in [0.15, 0.2) is 9.84 Å². The van der Waals surface area contributed by atoms with Crippen LogP contribution in [0.25, 0.3) is 10.8 Å². The van der Waals surface area contributed by atoms with Gasteiger partial charge >= 0.3 is 0 Å². The molecule has 0 aliphatic rings. The lowest BCUT2D eigenvalue weighted by Gasteiger charge is -2.13. The Bertz CT molecular complexity index is 951. The molecule has 4 nitrogen and oxygen atoms in total. The van der Waals surface area contributed by atoms with Crippen molar-refractivity contribution in [3.05, 3.63) is 66.2 Å². The van der Waals surface area contributed by atoms with E-state index in [0.717, 1.165) is 17.2 Å².